The van der Waals surface area contributed by atoms with Gasteiger partial charge in [0.15, 0.2) is 0 Å². The topological polar surface area (TPSA) is 0 Å². The van der Waals surface area contributed by atoms with E-state index in [1.165, 1.54) is 54.9 Å². The standard InChI is InChI=1S/C36H30/c1-27-11-15-29(16-12-27)7-3-5-9-31-19-23-35-33(25-31)21-22-34-26-32(20-24-36(34)35)10-6-4-8-30-17-13-28(2)14-18-30/h3-26H,1-2H3/b7-3+,8-4+,9-5+,10-6+. The Labute approximate surface area is 214 Å². The molecule has 0 aliphatic heterocycles. The van der Waals surface area contributed by atoms with Gasteiger partial charge in [-0.1, -0.05) is 145 Å². The third kappa shape index (κ3) is 5.79. The van der Waals surface area contributed by atoms with Crippen LogP contribution in [0, 0.1) is 13.8 Å². The van der Waals surface area contributed by atoms with E-state index < -0.39 is 0 Å². The number of fused-ring (bicyclic) bond motifs is 3. The van der Waals surface area contributed by atoms with Crippen molar-refractivity contribution < 1.29 is 0 Å². The molecule has 0 saturated carbocycles. The predicted molar refractivity (Wildman–Crippen MR) is 160 cm³/mol. The van der Waals surface area contributed by atoms with Gasteiger partial charge in [0.2, 0.25) is 0 Å². The highest BCUT2D eigenvalue weighted by molar-refractivity contribution is 6.08. The Balaban J connectivity index is 1.30. The molecule has 0 fully saturated rings. The molecule has 0 aromatic heterocycles. The van der Waals surface area contributed by atoms with E-state index in [-0.39, 0.29) is 0 Å². The normalized spacial score (nSPS) is 12.3. The van der Waals surface area contributed by atoms with Crippen molar-refractivity contribution in [2.45, 2.75) is 13.8 Å². The molecule has 0 saturated heterocycles. The van der Waals surface area contributed by atoms with Crippen molar-refractivity contribution in [3.63, 3.8) is 0 Å². The Morgan fingerprint density at radius 3 is 1.08 bits per heavy atom. The monoisotopic (exact) mass is 462 g/mol. The highest BCUT2D eigenvalue weighted by Crippen LogP contribution is 2.28. The Bertz CT molecular complexity index is 1480. The van der Waals surface area contributed by atoms with Crippen LogP contribution in [0.2, 0.25) is 0 Å². The first-order valence-electron chi connectivity index (χ1n) is 12.4. The van der Waals surface area contributed by atoms with E-state index in [9.17, 15) is 0 Å². The molecule has 0 N–H and O–H groups in total. The number of benzene rings is 5. The zero-order valence-electron chi connectivity index (χ0n) is 20.9. The van der Waals surface area contributed by atoms with Gasteiger partial charge in [-0.05, 0) is 69.8 Å². The minimum atomic E-state index is 1.20. The molecule has 0 heteroatoms. The van der Waals surface area contributed by atoms with Crippen molar-refractivity contribution in [2.24, 2.45) is 0 Å². The van der Waals surface area contributed by atoms with Crippen LogP contribution in [0.5, 0.6) is 0 Å². The zero-order chi connectivity index (χ0) is 24.7. The second-order valence-corrected chi connectivity index (χ2v) is 9.28. The van der Waals surface area contributed by atoms with Crippen LogP contribution in [0.25, 0.3) is 45.8 Å². The van der Waals surface area contributed by atoms with Crippen molar-refractivity contribution in [1.29, 1.82) is 0 Å². The van der Waals surface area contributed by atoms with Crippen molar-refractivity contribution in [3.8, 4) is 0 Å². The fourth-order valence-electron chi connectivity index (χ4n) is 4.34. The first kappa shape index (κ1) is 23.3. The van der Waals surface area contributed by atoms with Gasteiger partial charge in [0.05, 0.1) is 0 Å². The molecule has 0 radical (unpaired) electrons. The van der Waals surface area contributed by atoms with Gasteiger partial charge in [0.25, 0.3) is 0 Å². The molecule has 5 aromatic carbocycles. The minimum Gasteiger partial charge on any atom is -0.0617 e. The van der Waals surface area contributed by atoms with E-state index in [4.69, 9.17) is 0 Å². The van der Waals surface area contributed by atoms with Gasteiger partial charge in [0, 0.05) is 0 Å². The van der Waals surface area contributed by atoms with Crippen LogP contribution in [0.4, 0.5) is 0 Å². The molecule has 0 aliphatic carbocycles. The molecule has 5 rings (SSSR count). The maximum absolute atomic E-state index is 2.26. The fourth-order valence-corrected chi connectivity index (χ4v) is 4.34. The molecule has 0 bridgehead atoms. The van der Waals surface area contributed by atoms with E-state index in [1.54, 1.807) is 0 Å². The van der Waals surface area contributed by atoms with Crippen LogP contribution in [0.3, 0.4) is 0 Å². The molecule has 0 aliphatic rings. The Morgan fingerprint density at radius 2 is 0.694 bits per heavy atom. The molecule has 0 unspecified atom stereocenters. The highest BCUT2D eigenvalue weighted by Gasteiger charge is 2.02. The number of rotatable bonds is 6. The first-order valence-corrected chi connectivity index (χ1v) is 12.4. The predicted octanol–water partition coefficient (Wildman–Crippen LogP) is 10.1. The van der Waals surface area contributed by atoms with Crippen LogP contribution < -0.4 is 0 Å². The molecular formula is C36H30. The van der Waals surface area contributed by atoms with Crippen LogP contribution in [-0.2, 0) is 0 Å². The lowest BCUT2D eigenvalue weighted by Gasteiger charge is -2.06. The molecule has 0 amide bonds. The molecule has 5 aromatic rings. The first-order chi connectivity index (χ1) is 17.6. The summed E-state index contributed by atoms with van der Waals surface area (Å²) < 4.78 is 0. The number of aryl methyl sites for hydroxylation is 2. The van der Waals surface area contributed by atoms with Gasteiger partial charge in [0.1, 0.15) is 0 Å². The molecule has 0 atom stereocenters. The van der Waals surface area contributed by atoms with Crippen LogP contribution in [0.15, 0.2) is 121 Å². The third-order valence-corrected chi connectivity index (χ3v) is 6.42. The summed E-state index contributed by atoms with van der Waals surface area (Å²) in [4.78, 5) is 0. The summed E-state index contributed by atoms with van der Waals surface area (Å²) in [6.45, 7) is 4.22. The van der Waals surface area contributed by atoms with E-state index >= 15 is 0 Å². The fraction of sp³-hybridized carbons (Fsp3) is 0.0556. The van der Waals surface area contributed by atoms with E-state index in [0.717, 1.165) is 0 Å². The summed E-state index contributed by atoms with van der Waals surface area (Å²) in [6.07, 6.45) is 17.0. The lowest BCUT2D eigenvalue weighted by atomic mass is 9.98. The van der Waals surface area contributed by atoms with Gasteiger partial charge in [-0.2, -0.15) is 0 Å². The Hall–Kier alpha value is -4.42. The molecule has 0 nitrogen and oxygen atoms in total. The summed E-state index contributed by atoms with van der Waals surface area (Å²) in [6, 6.07) is 35.0. The Kier molecular flexibility index (Phi) is 7.05. The second-order valence-electron chi connectivity index (χ2n) is 9.28. The van der Waals surface area contributed by atoms with Crippen molar-refractivity contribution >= 4 is 45.8 Å². The molecule has 0 spiro atoms. The lowest BCUT2D eigenvalue weighted by molar-refractivity contribution is 1.46. The largest absolute Gasteiger partial charge is 0.0617 e. The van der Waals surface area contributed by atoms with E-state index in [2.05, 4.69) is 160 Å². The van der Waals surface area contributed by atoms with Crippen molar-refractivity contribution in [1.82, 2.24) is 0 Å². The summed E-state index contributed by atoms with van der Waals surface area (Å²) in [5.74, 6) is 0. The lowest BCUT2D eigenvalue weighted by Crippen LogP contribution is -1.81. The van der Waals surface area contributed by atoms with E-state index in [1.807, 2.05) is 0 Å². The average molecular weight is 463 g/mol. The SMILES string of the molecule is Cc1ccc(/C=C/C=C/c2ccc3c(ccc4cc(/C=C/C=C/c5ccc(C)cc5)ccc43)c2)cc1. The Morgan fingerprint density at radius 1 is 0.361 bits per heavy atom. The quantitative estimate of drug-likeness (QED) is 0.174. The van der Waals surface area contributed by atoms with Crippen molar-refractivity contribution in [3.05, 3.63) is 155 Å². The molecule has 174 valence electrons. The summed E-state index contributed by atoms with van der Waals surface area (Å²) in [7, 11) is 0. The van der Waals surface area contributed by atoms with Gasteiger partial charge in [-0.25, -0.2) is 0 Å². The van der Waals surface area contributed by atoms with Crippen LogP contribution in [-0.4, -0.2) is 0 Å². The average Bonchev–Trinajstić information content (AvgIpc) is 2.91. The number of hydrogen-bond donors (Lipinski definition) is 0. The molecule has 0 heterocycles. The number of allylic oxidation sites excluding steroid dienone is 4. The second kappa shape index (κ2) is 10.9. The van der Waals surface area contributed by atoms with Gasteiger partial charge < -0.3 is 0 Å². The summed E-state index contributed by atoms with van der Waals surface area (Å²) in [5, 5.41) is 5.09. The maximum Gasteiger partial charge on any atom is -0.0105 e. The molecular weight excluding hydrogens is 432 g/mol. The highest BCUT2D eigenvalue weighted by atomic mass is 14.1. The van der Waals surface area contributed by atoms with Crippen molar-refractivity contribution in [2.75, 3.05) is 0 Å². The zero-order valence-corrected chi connectivity index (χ0v) is 20.9. The number of hydrogen-bond acceptors (Lipinski definition) is 0. The maximum atomic E-state index is 2.26. The van der Waals surface area contributed by atoms with Gasteiger partial charge in [-0.15, -0.1) is 0 Å². The summed E-state index contributed by atoms with van der Waals surface area (Å²) >= 11 is 0. The van der Waals surface area contributed by atoms with Gasteiger partial charge in [-0.3, -0.25) is 0 Å². The van der Waals surface area contributed by atoms with Crippen LogP contribution in [0.1, 0.15) is 33.4 Å². The smallest absolute Gasteiger partial charge is 0.0105 e. The van der Waals surface area contributed by atoms with Gasteiger partial charge >= 0.3 is 0 Å². The van der Waals surface area contributed by atoms with Crippen LogP contribution >= 0.6 is 0 Å². The van der Waals surface area contributed by atoms with E-state index in [0.29, 0.717) is 0 Å². The minimum absolute atomic E-state index is 1.20. The third-order valence-electron chi connectivity index (χ3n) is 6.42. The molecule has 36 heavy (non-hydrogen) atoms. The summed E-state index contributed by atoms with van der Waals surface area (Å²) in [5.41, 5.74) is 7.40.